The van der Waals surface area contributed by atoms with Crippen molar-refractivity contribution in [1.82, 2.24) is 15.0 Å². The van der Waals surface area contributed by atoms with Crippen molar-refractivity contribution in [1.29, 1.82) is 0 Å². The predicted molar refractivity (Wildman–Crippen MR) is 66.2 cm³/mol. The Morgan fingerprint density at radius 2 is 2.06 bits per heavy atom. The fourth-order valence-electron chi connectivity index (χ4n) is 1.01. The molecule has 0 amide bonds. The number of hydrogen-bond acceptors (Lipinski definition) is 6. The molecule has 1 N–H and O–H groups in total. The van der Waals surface area contributed by atoms with Crippen molar-refractivity contribution < 1.29 is 4.74 Å². The zero-order valence-corrected chi connectivity index (χ0v) is 11.0. The molecule has 0 radical (unpaired) electrons. The lowest BCUT2D eigenvalue weighted by molar-refractivity contribution is 0.373. The van der Waals surface area contributed by atoms with Gasteiger partial charge >= 0.3 is 6.01 Å². The number of nitrogens with one attached hydrogen (secondary N) is 1. The molecule has 0 fully saturated rings. The molecule has 0 aliphatic heterocycles. The van der Waals surface area contributed by atoms with E-state index in [1.54, 1.807) is 18.9 Å². The number of thioether (sulfide) groups is 1. The lowest BCUT2D eigenvalue weighted by Crippen LogP contribution is -2.08. The third-order valence-electron chi connectivity index (χ3n) is 1.65. The molecule has 1 aromatic rings. The number of methoxy groups -OCH3 is 1. The van der Waals surface area contributed by atoms with Crippen LogP contribution in [0, 0.1) is 0 Å². The van der Waals surface area contributed by atoms with Gasteiger partial charge in [-0.3, -0.25) is 0 Å². The van der Waals surface area contributed by atoms with Crippen LogP contribution in [-0.4, -0.2) is 33.9 Å². The Kier molecular flexibility index (Phi) is 5.31. The normalized spacial score (nSPS) is 10.6. The summed E-state index contributed by atoms with van der Waals surface area (Å²) in [6.45, 7) is 7.13. The van der Waals surface area contributed by atoms with Crippen LogP contribution in [0.25, 0.3) is 0 Å². The molecule has 6 heteroatoms. The molecule has 0 saturated carbocycles. The zero-order valence-electron chi connectivity index (χ0n) is 10.1. The van der Waals surface area contributed by atoms with E-state index in [0.29, 0.717) is 22.4 Å². The number of ether oxygens (including phenoxy) is 1. The summed E-state index contributed by atoms with van der Waals surface area (Å²) in [5.74, 6) is 0.580. The molecule has 0 atom stereocenters. The average Bonchev–Trinajstić information content (AvgIpc) is 2.25. The van der Waals surface area contributed by atoms with Crippen molar-refractivity contribution in [2.45, 2.75) is 37.6 Å². The fourth-order valence-corrected chi connectivity index (χ4v) is 1.70. The quantitative estimate of drug-likeness (QED) is 0.772. The molecule has 0 aliphatic carbocycles. The van der Waals surface area contributed by atoms with E-state index in [1.807, 2.05) is 0 Å². The SMILES string of the molecule is CCCNc1nc(OC)nc(SC(C)C)n1. The molecule has 0 aromatic carbocycles. The van der Waals surface area contributed by atoms with Gasteiger partial charge in [-0.1, -0.05) is 32.5 Å². The lowest BCUT2D eigenvalue weighted by atomic mass is 10.5. The molecule has 1 heterocycles. The van der Waals surface area contributed by atoms with Gasteiger partial charge in [0.2, 0.25) is 5.95 Å². The van der Waals surface area contributed by atoms with Crippen molar-refractivity contribution in [3.8, 4) is 6.01 Å². The van der Waals surface area contributed by atoms with Crippen molar-refractivity contribution in [3.05, 3.63) is 0 Å². The van der Waals surface area contributed by atoms with Crippen LogP contribution in [0.5, 0.6) is 6.01 Å². The first-order chi connectivity index (χ1) is 7.65. The largest absolute Gasteiger partial charge is 0.467 e. The third kappa shape index (κ3) is 4.22. The van der Waals surface area contributed by atoms with Crippen LogP contribution in [0.1, 0.15) is 27.2 Å². The summed E-state index contributed by atoms with van der Waals surface area (Å²) in [5.41, 5.74) is 0. The van der Waals surface area contributed by atoms with Crippen LogP contribution in [0.15, 0.2) is 5.16 Å². The van der Waals surface area contributed by atoms with Crippen LogP contribution in [0.4, 0.5) is 5.95 Å². The van der Waals surface area contributed by atoms with Crippen molar-refractivity contribution in [2.75, 3.05) is 19.0 Å². The maximum absolute atomic E-state index is 5.04. The Hall–Kier alpha value is -1.04. The maximum Gasteiger partial charge on any atom is 0.321 e. The van der Waals surface area contributed by atoms with Crippen molar-refractivity contribution in [2.24, 2.45) is 0 Å². The number of anilines is 1. The molecular weight excluding hydrogens is 224 g/mol. The van der Waals surface area contributed by atoms with Gasteiger partial charge in [-0.05, 0) is 6.42 Å². The van der Waals surface area contributed by atoms with Gasteiger partial charge in [0, 0.05) is 11.8 Å². The second-order valence-electron chi connectivity index (χ2n) is 3.52. The van der Waals surface area contributed by atoms with E-state index in [2.05, 4.69) is 41.0 Å². The monoisotopic (exact) mass is 242 g/mol. The number of nitrogens with zero attached hydrogens (tertiary/aromatic N) is 3. The summed E-state index contributed by atoms with van der Waals surface area (Å²) >= 11 is 1.59. The third-order valence-corrected chi connectivity index (χ3v) is 2.52. The summed E-state index contributed by atoms with van der Waals surface area (Å²) in [6, 6.07) is 0.358. The molecule has 0 saturated heterocycles. The first kappa shape index (κ1) is 13.0. The molecule has 16 heavy (non-hydrogen) atoms. The zero-order chi connectivity index (χ0) is 12.0. The Labute approximate surface area is 100 Å². The van der Waals surface area contributed by atoms with Crippen molar-refractivity contribution in [3.63, 3.8) is 0 Å². The highest BCUT2D eigenvalue weighted by atomic mass is 32.2. The predicted octanol–water partition coefficient (Wildman–Crippen LogP) is 2.20. The topological polar surface area (TPSA) is 59.9 Å². The summed E-state index contributed by atoms with van der Waals surface area (Å²) in [7, 11) is 1.56. The molecule has 0 aliphatic rings. The van der Waals surface area contributed by atoms with E-state index < -0.39 is 0 Å². The Morgan fingerprint density at radius 3 is 2.62 bits per heavy atom. The van der Waals surface area contributed by atoms with E-state index in [0.717, 1.165) is 13.0 Å². The number of hydrogen-bond donors (Lipinski definition) is 1. The van der Waals surface area contributed by atoms with Crippen LogP contribution in [0.3, 0.4) is 0 Å². The Balaban J connectivity index is 2.82. The summed E-state index contributed by atoms with van der Waals surface area (Å²) in [4.78, 5) is 12.6. The van der Waals surface area contributed by atoms with Crippen LogP contribution < -0.4 is 10.1 Å². The minimum Gasteiger partial charge on any atom is -0.467 e. The standard InChI is InChI=1S/C10H18N4OS/c1-5-6-11-8-12-9(15-4)14-10(13-8)16-7(2)3/h7H,5-6H2,1-4H3,(H,11,12,13,14). The maximum atomic E-state index is 5.04. The summed E-state index contributed by atoms with van der Waals surface area (Å²) < 4.78 is 5.04. The summed E-state index contributed by atoms with van der Waals surface area (Å²) in [6.07, 6.45) is 1.03. The van der Waals surface area contributed by atoms with Gasteiger partial charge in [0.15, 0.2) is 5.16 Å². The van der Waals surface area contributed by atoms with Gasteiger partial charge in [0.1, 0.15) is 0 Å². The van der Waals surface area contributed by atoms with Gasteiger partial charge in [-0.15, -0.1) is 0 Å². The Bertz CT molecular complexity index is 333. The molecule has 0 unspecified atom stereocenters. The van der Waals surface area contributed by atoms with Crippen LogP contribution >= 0.6 is 11.8 Å². The molecule has 0 spiro atoms. The first-order valence-electron chi connectivity index (χ1n) is 5.36. The highest BCUT2D eigenvalue weighted by Gasteiger charge is 2.08. The van der Waals surface area contributed by atoms with E-state index in [9.17, 15) is 0 Å². The van der Waals surface area contributed by atoms with Gasteiger partial charge < -0.3 is 10.1 Å². The molecule has 90 valence electrons. The molecule has 0 bridgehead atoms. The summed E-state index contributed by atoms with van der Waals surface area (Å²) in [5, 5.41) is 4.26. The molecule has 1 rings (SSSR count). The van der Waals surface area contributed by atoms with Gasteiger partial charge in [-0.25, -0.2) is 0 Å². The lowest BCUT2D eigenvalue weighted by Gasteiger charge is -2.08. The van der Waals surface area contributed by atoms with E-state index in [1.165, 1.54) is 0 Å². The van der Waals surface area contributed by atoms with Crippen LogP contribution in [-0.2, 0) is 0 Å². The smallest absolute Gasteiger partial charge is 0.321 e. The highest BCUT2D eigenvalue weighted by Crippen LogP contribution is 2.21. The Morgan fingerprint density at radius 1 is 1.31 bits per heavy atom. The first-order valence-corrected chi connectivity index (χ1v) is 6.24. The van der Waals surface area contributed by atoms with E-state index >= 15 is 0 Å². The van der Waals surface area contributed by atoms with Gasteiger partial charge in [0.05, 0.1) is 7.11 Å². The molecular formula is C10H18N4OS. The second kappa shape index (κ2) is 6.52. The molecule has 1 aromatic heterocycles. The van der Waals surface area contributed by atoms with E-state index in [-0.39, 0.29) is 0 Å². The highest BCUT2D eigenvalue weighted by molar-refractivity contribution is 7.99. The van der Waals surface area contributed by atoms with Crippen molar-refractivity contribution >= 4 is 17.7 Å². The number of rotatable bonds is 6. The minimum atomic E-state index is 0.358. The average molecular weight is 242 g/mol. The second-order valence-corrected chi connectivity index (χ2v) is 5.07. The fraction of sp³-hybridized carbons (Fsp3) is 0.700. The van der Waals surface area contributed by atoms with E-state index in [4.69, 9.17) is 4.74 Å². The van der Waals surface area contributed by atoms with Gasteiger partial charge in [0.25, 0.3) is 0 Å². The van der Waals surface area contributed by atoms with Gasteiger partial charge in [-0.2, -0.15) is 15.0 Å². The molecule has 5 nitrogen and oxygen atoms in total. The van der Waals surface area contributed by atoms with Crippen LogP contribution in [0.2, 0.25) is 0 Å². The number of aromatic nitrogens is 3. The minimum absolute atomic E-state index is 0.358.